The van der Waals surface area contributed by atoms with Gasteiger partial charge in [-0.1, -0.05) is 24.3 Å². The van der Waals surface area contributed by atoms with E-state index in [2.05, 4.69) is 40.2 Å². The highest BCUT2D eigenvalue weighted by atomic mass is 16.3. The Kier molecular flexibility index (Phi) is 3.62. The summed E-state index contributed by atoms with van der Waals surface area (Å²) >= 11 is 0. The highest BCUT2D eigenvalue weighted by molar-refractivity contribution is 5.85. The van der Waals surface area contributed by atoms with Gasteiger partial charge in [-0.2, -0.15) is 0 Å². The van der Waals surface area contributed by atoms with E-state index >= 15 is 0 Å². The van der Waals surface area contributed by atoms with Crippen LogP contribution in [0.1, 0.15) is 48.1 Å². The van der Waals surface area contributed by atoms with Crippen molar-refractivity contribution in [1.82, 2.24) is 9.88 Å². The van der Waals surface area contributed by atoms with E-state index in [1.807, 2.05) is 12.1 Å². The van der Waals surface area contributed by atoms with Crippen molar-refractivity contribution in [3.05, 3.63) is 64.8 Å². The molecule has 1 aromatic heterocycles. The first-order chi connectivity index (χ1) is 15.1. The molecule has 160 valence electrons. The number of fused-ring (bicyclic) bond motifs is 4. The van der Waals surface area contributed by atoms with Crippen LogP contribution >= 0.6 is 0 Å². The van der Waals surface area contributed by atoms with Gasteiger partial charge in [-0.05, 0) is 85.9 Å². The lowest BCUT2D eigenvalue weighted by Gasteiger charge is -2.61. The number of aromatic amines is 1. The number of phenols is 1. The number of nitrogens with one attached hydrogen (secondary N) is 1. The molecule has 2 heterocycles. The van der Waals surface area contributed by atoms with Crippen molar-refractivity contribution in [1.29, 1.82) is 0 Å². The molecule has 7 rings (SSSR count). The SMILES string of the molecule is Oc1ccc2c(c1)[C@]13CCN(CC4CC4)[C@H](C2)[C@]1(O)CCc1c([nH]c2ccccc12)C3. The van der Waals surface area contributed by atoms with Crippen molar-refractivity contribution in [3.8, 4) is 5.75 Å². The number of aromatic nitrogens is 1. The number of rotatable bonds is 2. The smallest absolute Gasteiger partial charge is 0.115 e. The molecule has 2 bridgehead atoms. The van der Waals surface area contributed by atoms with E-state index in [9.17, 15) is 10.2 Å². The molecule has 2 aromatic carbocycles. The van der Waals surface area contributed by atoms with Crippen molar-refractivity contribution < 1.29 is 10.2 Å². The Morgan fingerprint density at radius 1 is 1.10 bits per heavy atom. The maximum Gasteiger partial charge on any atom is 0.115 e. The van der Waals surface area contributed by atoms with Crippen LogP contribution in [-0.4, -0.2) is 44.8 Å². The monoisotopic (exact) mass is 414 g/mol. The molecule has 4 heteroatoms. The molecule has 1 saturated carbocycles. The van der Waals surface area contributed by atoms with E-state index in [1.54, 1.807) is 0 Å². The second kappa shape index (κ2) is 6.14. The fourth-order valence-corrected chi connectivity index (χ4v) is 7.29. The van der Waals surface area contributed by atoms with Gasteiger partial charge in [0.25, 0.3) is 0 Å². The van der Waals surface area contributed by atoms with Gasteiger partial charge in [-0.3, -0.25) is 4.90 Å². The summed E-state index contributed by atoms with van der Waals surface area (Å²) in [6.45, 7) is 2.17. The normalized spacial score (nSPS) is 32.2. The predicted octanol–water partition coefficient (Wildman–Crippen LogP) is 4.07. The largest absolute Gasteiger partial charge is 0.508 e. The van der Waals surface area contributed by atoms with E-state index in [4.69, 9.17) is 0 Å². The van der Waals surface area contributed by atoms with Crippen LogP contribution in [0.2, 0.25) is 0 Å². The van der Waals surface area contributed by atoms with Crippen molar-refractivity contribution in [2.24, 2.45) is 5.92 Å². The first kappa shape index (κ1) is 18.3. The van der Waals surface area contributed by atoms with Crippen LogP contribution in [0, 0.1) is 5.92 Å². The number of phenolic OH excluding ortho intramolecular Hbond substituents is 1. The lowest BCUT2D eigenvalue weighted by atomic mass is 9.52. The molecule has 1 saturated heterocycles. The fourth-order valence-electron chi connectivity index (χ4n) is 7.29. The lowest BCUT2D eigenvalue weighted by Crippen LogP contribution is -2.72. The zero-order valence-corrected chi connectivity index (χ0v) is 17.9. The minimum atomic E-state index is -0.776. The maximum atomic E-state index is 12.6. The average Bonchev–Trinajstić information content (AvgIpc) is 3.53. The molecule has 3 aliphatic carbocycles. The van der Waals surface area contributed by atoms with E-state index in [0.29, 0.717) is 5.75 Å². The predicted molar refractivity (Wildman–Crippen MR) is 121 cm³/mol. The Labute approximate surface area is 182 Å². The summed E-state index contributed by atoms with van der Waals surface area (Å²) in [7, 11) is 0. The number of para-hydroxylation sites is 1. The van der Waals surface area contributed by atoms with Gasteiger partial charge in [0.05, 0.1) is 5.60 Å². The number of nitrogens with zero attached hydrogens (tertiary/aromatic N) is 1. The number of H-pyrrole nitrogens is 1. The Balaban J connectivity index is 1.43. The Hall–Kier alpha value is -2.30. The van der Waals surface area contributed by atoms with Crippen molar-refractivity contribution in [3.63, 3.8) is 0 Å². The molecule has 0 amide bonds. The number of aliphatic hydroxyl groups is 1. The molecular formula is C27H30N2O2. The molecule has 4 nitrogen and oxygen atoms in total. The van der Waals surface area contributed by atoms with Crippen molar-refractivity contribution >= 4 is 10.9 Å². The Morgan fingerprint density at radius 2 is 1.97 bits per heavy atom. The minimum absolute atomic E-state index is 0.161. The number of hydrogen-bond donors (Lipinski definition) is 3. The number of benzene rings is 2. The molecule has 3 aromatic rings. The zero-order valence-electron chi connectivity index (χ0n) is 17.9. The van der Waals surface area contributed by atoms with Crippen LogP contribution in [0.3, 0.4) is 0 Å². The quantitative estimate of drug-likeness (QED) is 0.592. The molecule has 3 atom stereocenters. The summed E-state index contributed by atoms with van der Waals surface area (Å²) in [6, 6.07) is 14.6. The first-order valence-electron chi connectivity index (χ1n) is 11.9. The van der Waals surface area contributed by atoms with Gasteiger partial charge in [0.1, 0.15) is 5.75 Å². The standard InChI is InChI=1S/C27H30N2O2/c30-19-8-7-18-13-25-27(31)10-9-21-20-3-1-2-4-23(20)28-24(21)15-26(27,22(18)14-19)11-12-29(25)16-17-5-6-17/h1-4,7-8,14,17,25,28,30-31H,5-6,9-13,15-16H2/t25-,26-,27-/m1/s1. The summed E-state index contributed by atoms with van der Waals surface area (Å²) in [6.07, 6.45) is 7.01. The van der Waals surface area contributed by atoms with Crippen LogP contribution in [0.4, 0.5) is 0 Å². The van der Waals surface area contributed by atoms with Crippen molar-refractivity contribution in [2.75, 3.05) is 13.1 Å². The van der Waals surface area contributed by atoms with Crippen LogP contribution in [-0.2, 0) is 24.7 Å². The molecule has 0 unspecified atom stereocenters. The van der Waals surface area contributed by atoms with Gasteiger partial charge in [-0.25, -0.2) is 0 Å². The number of aryl methyl sites for hydroxylation is 1. The number of piperidine rings is 1. The Bertz CT molecular complexity index is 1200. The fraction of sp³-hybridized carbons (Fsp3) is 0.481. The summed E-state index contributed by atoms with van der Waals surface area (Å²) in [5, 5.41) is 24.3. The molecule has 3 N–H and O–H groups in total. The first-order valence-corrected chi connectivity index (χ1v) is 11.9. The summed E-state index contributed by atoms with van der Waals surface area (Å²) < 4.78 is 0. The van der Waals surface area contributed by atoms with Crippen molar-refractivity contribution in [2.45, 2.75) is 62.0 Å². The third-order valence-corrected chi connectivity index (χ3v) is 9.00. The lowest BCUT2D eigenvalue weighted by molar-refractivity contribution is -0.150. The molecule has 0 spiro atoms. The average molecular weight is 415 g/mol. The van der Waals surface area contributed by atoms with E-state index in [1.165, 1.54) is 46.1 Å². The second-order valence-electron chi connectivity index (χ2n) is 10.6. The maximum absolute atomic E-state index is 12.6. The van der Waals surface area contributed by atoms with Crippen LogP contribution < -0.4 is 0 Å². The minimum Gasteiger partial charge on any atom is -0.508 e. The second-order valence-corrected chi connectivity index (χ2v) is 10.6. The number of hydrogen-bond acceptors (Lipinski definition) is 3. The number of likely N-dealkylation sites (tertiary alicyclic amines) is 1. The van der Waals surface area contributed by atoms with E-state index in [0.717, 1.165) is 51.1 Å². The molecular weight excluding hydrogens is 384 g/mol. The third-order valence-electron chi connectivity index (χ3n) is 9.00. The molecule has 31 heavy (non-hydrogen) atoms. The number of aromatic hydroxyl groups is 1. The van der Waals surface area contributed by atoms with Gasteiger partial charge in [0.15, 0.2) is 0 Å². The zero-order chi connectivity index (χ0) is 20.8. The molecule has 2 fully saturated rings. The van der Waals surface area contributed by atoms with Crippen LogP contribution in [0.25, 0.3) is 10.9 Å². The van der Waals surface area contributed by atoms with Crippen LogP contribution in [0.5, 0.6) is 5.75 Å². The molecule has 1 aliphatic heterocycles. The van der Waals surface area contributed by atoms with E-state index < -0.39 is 5.60 Å². The van der Waals surface area contributed by atoms with Crippen LogP contribution in [0.15, 0.2) is 42.5 Å². The summed E-state index contributed by atoms with van der Waals surface area (Å²) in [5.41, 5.74) is 5.23. The third kappa shape index (κ3) is 2.43. The van der Waals surface area contributed by atoms with Gasteiger partial charge in [-0.15, -0.1) is 0 Å². The highest BCUT2D eigenvalue weighted by Crippen LogP contribution is 2.57. The highest BCUT2D eigenvalue weighted by Gasteiger charge is 2.63. The summed E-state index contributed by atoms with van der Waals surface area (Å²) in [5.74, 6) is 1.13. The Morgan fingerprint density at radius 3 is 2.84 bits per heavy atom. The van der Waals surface area contributed by atoms with Gasteiger partial charge < -0.3 is 15.2 Å². The molecule has 4 aliphatic rings. The van der Waals surface area contributed by atoms with Gasteiger partial charge >= 0.3 is 0 Å². The molecule has 0 radical (unpaired) electrons. The summed E-state index contributed by atoms with van der Waals surface area (Å²) in [4.78, 5) is 6.33. The van der Waals surface area contributed by atoms with E-state index in [-0.39, 0.29) is 11.5 Å². The van der Waals surface area contributed by atoms with Gasteiger partial charge in [0.2, 0.25) is 0 Å². The van der Waals surface area contributed by atoms with Gasteiger partial charge in [0, 0.05) is 41.0 Å². The topological polar surface area (TPSA) is 59.5 Å².